The molecule has 0 spiro atoms. The highest BCUT2D eigenvalue weighted by Gasteiger charge is 2.03. The number of hydrogen-bond acceptors (Lipinski definition) is 4. The molecule has 0 aliphatic carbocycles. The van der Waals surface area contributed by atoms with Gasteiger partial charge in [0.1, 0.15) is 5.78 Å². The Kier molecular flexibility index (Phi) is 14.9. The summed E-state index contributed by atoms with van der Waals surface area (Å²) in [6.45, 7) is 1.65. The van der Waals surface area contributed by atoms with Crippen molar-refractivity contribution in [1.29, 1.82) is 0 Å². The van der Waals surface area contributed by atoms with Crippen molar-refractivity contribution in [3.05, 3.63) is 12.2 Å². The first-order valence-corrected chi connectivity index (χ1v) is 8.95. The van der Waals surface area contributed by atoms with Crippen LogP contribution in [0.25, 0.3) is 0 Å². The van der Waals surface area contributed by atoms with Crippen LogP contribution in [0.5, 0.6) is 0 Å². The second-order valence-corrected chi connectivity index (χ2v) is 6.19. The van der Waals surface area contributed by atoms with E-state index in [9.17, 15) is 14.7 Å². The van der Waals surface area contributed by atoms with E-state index < -0.39 is 0 Å². The summed E-state index contributed by atoms with van der Waals surface area (Å²) in [7, 11) is 1.41. The lowest BCUT2D eigenvalue weighted by Crippen LogP contribution is -2.05. The van der Waals surface area contributed by atoms with E-state index in [2.05, 4.69) is 16.9 Å². The Morgan fingerprint density at radius 1 is 0.957 bits per heavy atom. The van der Waals surface area contributed by atoms with Crippen molar-refractivity contribution in [2.75, 3.05) is 7.11 Å². The van der Waals surface area contributed by atoms with Gasteiger partial charge in [0.25, 0.3) is 0 Å². The van der Waals surface area contributed by atoms with E-state index in [1.165, 1.54) is 13.5 Å². The molecule has 0 aromatic heterocycles. The third kappa shape index (κ3) is 17.0. The Hall–Kier alpha value is -1.16. The van der Waals surface area contributed by atoms with Gasteiger partial charge in [-0.25, -0.2) is 0 Å². The third-order valence-electron chi connectivity index (χ3n) is 3.87. The monoisotopic (exact) mass is 326 g/mol. The van der Waals surface area contributed by atoms with Crippen LogP contribution in [0.4, 0.5) is 0 Å². The van der Waals surface area contributed by atoms with Gasteiger partial charge in [0, 0.05) is 12.8 Å². The van der Waals surface area contributed by atoms with Crippen LogP contribution in [0.2, 0.25) is 0 Å². The minimum absolute atomic E-state index is 0.158. The standard InChI is InChI=1S/C19H34O4/c1-17(20)13-9-6-4-3-5-7-10-14-18(21)15-11-8-12-16-19(22)23-2/h7,10,18,21H,3-6,8-9,11-16H2,1-2H3/b10-7-. The molecule has 0 rings (SSSR count). The van der Waals surface area contributed by atoms with Crippen molar-refractivity contribution < 1.29 is 19.4 Å². The molecule has 0 radical (unpaired) electrons. The first-order chi connectivity index (χ1) is 11.1. The lowest BCUT2D eigenvalue weighted by Gasteiger charge is -2.07. The predicted octanol–water partition coefficient (Wildman–Crippen LogP) is 4.35. The topological polar surface area (TPSA) is 63.6 Å². The maximum atomic E-state index is 10.9. The highest BCUT2D eigenvalue weighted by Crippen LogP contribution is 2.10. The minimum atomic E-state index is -0.278. The van der Waals surface area contributed by atoms with Gasteiger partial charge in [-0.2, -0.15) is 0 Å². The molecule has 0 aliphatic heterocycles. The lowest BCUT2D eigenvalue weighted by atomic mass is 10.1. The summed E-state index contributed by atoms with van der Waals surface area (Å²) in [5.41, 5.74) is 0. The van der Waals surface area contributed by atoms with Crippen LogP contribution in [0.1, 0.15) is 84.0 Å². The minimum Gasteiger partial charge on any atom is -0.469 e. The van der Waals surface area contributed by atoms with Crippen molar-refractivity contribution in [2.45, 2.75) is 90.1 Å². The molecule has 0 fully saturated rings. The molecular formula is C19H34O4. The molecule has 4 heteroatoms. The van der Waals surface area contributed by atoms with Crippen molar-refractivity contribution in [1.82, 2.24) is 0 Å². The molecule has 134 valence electrons. The number of hydrogen-bond donors (Lipinski definition) is 1. The molecule has 0 saturated heterocycles. The van der Waals surface area contributed by atoms with E-state index in [0.717, 1.165) is 51.4 Å². The number of methoxy groups -OCH3 is 1. The lowest BCUT2D eigenvalue weighted by molar-refractivity contribution is -0.140. The maximum Gasteiger partial charge on any atom is 0.305 e. The fraction of sp³-hybridized carbons (Fsp3) is 0.789. The Morgan fingerprint density at radius 2 is 1.61 bits per heavy atom. The molecule has 1 unspecified atom stereocenters. The zero-order valence-electron chi connectivity index (χ0n) is 14.9. The Balaban J connectivity index is 3.35. The highest BCUT2D eigenvalue weighted by molar-refractivity contribution is 5.75. The number of allylic oxidation sites excluding steroid dienone is 1. The molecule has 0 saturated carbocycles. The van der Waals surface area contributed by atoms with E-state index in [1.807, 2.05) is 0 Å². The number of carbonyl (C=O) groups is 2. The SMILES string of the molecule is COC(=O)CCCCCC(O)C/C=C\CCCCCCC(C)=O. The van der Waals surface area contributed by atoms with Crippen LogP contribution in [-0.2, 0) is 14.3 Å². The van der Waals surface area contributed by atoms with Gasteiger partial charge in [-0.05, 0) is 45.4 Å². The van der Waals surface area contributed by atoms with Crippen LogP contribution >= 0.6 is 0 Å². The molecule has 0 heterocycles. The fourth-order valence-corrected chi connectivity index (χ4v) is 2.41. The Bertz CT molecular complexity index is 336. The van der Waals surface area contributed by atoms with Crippen LogP contribution < -0.4 is 0 Å². The van der Waals surface area contributed by atoms with Crippen molar-refractivity contribution >= 4 is 11.8 Å². The quantitative estimate of drug-likeness (QED) is 0.276. The van der Waals surface area contributed by atoms with Gasteiger partial charge in [0.15, 0.2) is 0 Å². The molecule has 1 atom stereocenters. The maximum absolute atomic E-state index is 10.9. The Labute approximate surface area is 141 Å². The zero-order valence-corrected chi connectivity index (χ0v) is 14.9. The summed E-state index contributed by atoms with van der Waals surface area (Å²) < 4.78 is 4.58. The van der Waals surface area contributed by atoms with E-state index >= 15 is 0 Å². The largest absolute Gasteiger partial charge is 0.469 e. The third-order valence-corrected chi connectivity index (χ3v) is 3.87. The first kappa shape index (κ1) is 21.8. The van der Waals surface area contributed by atoms with Crippen molar-refractivity contribution in [3.63, 3.8) is 0 Å². The molecule has 0 aromatic rings. The molecule has 23 heavy (non-hydrogen) atoms. The molecule has 0 aliphatic rings. The second kappa shape index (κ2) is 15.7. The van der Waals surface area contributed by atoms with E-state index in [0.29, 0.717) is 19.3 Å². The van der Waals surface area contributed by atoms with Crippen LogP contribution in [0.15, 0.2) is 12.2 Å². The molecular weight excluding hydrogens is 292 g/mol. The van der Waals surface area contributed by atoms with Gasteiger partial charge in [-0.15, -0.1) is 0 Å². The zero-order chi connectivity index (χ0) is 17.3. The number of ether oxygens (including phenoxy) is 1. The summed E-state index contributed by atoms with van der Waals surface area (Å²) in [5.74, 6) is 0.124. The van der Waals surface area contributed by atoms with Crippen LogP contribution in [0.3, 0.4) is 0 Å². The average molecular weight is 326 g/mol. The van der Waals surface area contributed by atoms with Crippen LogP contribution in [0, 0.1) is 0 Å². The van der Waals surface area contributed by atoms with Crippen molar-refractivity contribution in [3.8, 4) is 0 Å². The number of ketones is 1. The van der Waals surface area contributed by atoms with Gasteiger partial charge >= 0.3 is 5.97 Å². The summed E-state index contributed by atoms with van der Waals surface area (Å²) >= 11 is 0. The molecule has 0 amide bonds. The smallest absolute Gasteiger partial charge is 0.305 e. The highest BCUT2D eigenvalue weighted by atomic mass is 16.5. The normalized spacial score (nSPS) is 12.5. The number of aliphatic hydroxyl groups is 1. The van der Waals surface area contributed by atoms with Crippen LogP contribution in [-0.4, -0.2) is 30.1 Å². The number of aliphatic hydroxyl groups excluding tert-OH is 1. The number of carbonyl (C=O) groups excluding carboxylic acids is 2. The number of unbranched alkanes of at least 4 members (excludes halogenated alkanes) is 6. The number of rotatable bonds is 15. The number of esters is 1. The fourth-order valence-electron chi connectivity index (χ4n) is 2.41. The molecule has 4 nitrogen and oxygen atoms in total. The van der Waals surface area contributed by atoms with Gasteiger partial charge in [-0.1, -0.05) is 37.8 Å². The predicted molar refractivity (Wildman–Crippen MR) is 93.2 cm³/mol. The van der Waals surface area contributed by atoms with E-state index in [1.54, 1.807) is 6.92 Å². The van der Waals surface area contributed by atoms with Gasteiger partial charge in [0.2, 0.25) is 0 Å². The summed E-state index contributed by atoms with van der Waals surface area (Å²) in [5, 5.41) is 9.85. The summed E-state index contributed by atoms with van der Waals surface area (Å²) in [6.07, 6.45) is 14.8. The van der Waals surface area contributed by atoms with E-state index in [-0.39, 0.29) is 17.9 Å². The first-order valence-electron chi connectivity index (χ1n) is 8.95. The van der Waals surface area contributed by atoms with Gasteiger partial charge < -0.3 is 14.6 Å². The summed E-state index contributed by atoms with van der Waals surface area (Å²) in [6, 6.07) is 0. The van der Waals surface area contributed by atoms with E-state index in [4.69, 9.17) is 0 Å². The van der Waals surface area contributed by atoms with Gasteiger partial charge in [0.05, 0.1) is 13.2 Å². The van der Waals surface area contributed by atoms with Crippen molar-refractivity contribution in [2.24, 2.45) is 0 Å². The van der Waals surface area contributed by atoms with Gasteiger partial charge in [-0.3, -0.25) is 4.79 Å². The Morgan fingerprint density at radius 3 is 2.30 bits per heavy atom. The average Bonchev–Trinajstić information content (AvgIpc) is 2.52. The number of Topliss-reactive ketones (excluding diaryl/α,β-unsaturated/α-hetero) is 1. The summed E-state index contributed by atoms with van der Waals surface area (Å²) in [4.78, 5) is 21.7. The molecule has 1 N–H and O–H groups in total. The molecule has 0 aromatic carbocycles. The molecule has 0 bridgehead atoms. The second-order valence-electron chi connectivity index (χ2n) is 6.19.